The van der Waals surface area contributed by atoms with Crippen LogP contribution in [0.1, 0.15) is 31.2 Å². The molecular formula is C31H38Cl2N2O. The van der Waals surface area contributed by atoms with Crippen molar-refractivity contribution in [2.45, 2.75) is 32.2 Å². The fourth-order valence-corrected chi connectivity index (χ4v) is 5.92. The normalized spacial score (nSPS) is 25.3. The van der Waals surface area contributed by atoms with E-state index in [4.69, 9.17) is 0 Å². The summed E-state index contributed by atoms with van der Waals surface area (Å²) in [4.78, 5) is 13.8. The van der Waals surface area contributed by atoms with E-state index in [0.29, 0.717) is 30.1 Å². The third kappa shape index (κ3) is 6.91. The maximum absolute atomic E-state index is 11.1. The highest BCUT2D eigenvalue weighted by Gasteiger charge is 2.32. The molecule has 1 fully saturated rings. The zero-order valence-electron chi connectivity index (χ0n) is 20.8. The highest BCUT2D eigenvalue weighted by molar-refractivity contribution is 5.85. The molecule has 1 N–H and O–H groups in total. The first-order valence-corrected chi connectivity index (χ1v) is 12.9. The summed E-state index contributed by atoms with van der Waals surface area (Å²) in [5.41, 5.74) is 5.39. The first-order chi connectivity index (χ1) is 16.8. The number of nitrogens with zero attached hydrogens (tertiary/aromatic N) is 1. The van der Waals surface area contributed by atoms with Gasteiger partial charge in [0.1, 0.15) is 6.29 Å². The third-order valence-electron chi connectivity index (χ3n) is 7.86. The monoisotopic (exact) mass is 524 g/mol. The first-order valence-electron chi connectivity index (χ1n) is 12.9. The molecule has 4 atom stereocenters. The van der Waals surface area contributed by atoms with Gasteiger partial charge in [-0.2, -0.15) is 0 Å². The standard InChI is InChI=1S/C31H36N2O.2ClH/c34-20-4-7-28-16-19-33(22-24-8-10-26(11-9-24)25-5-2-1-3-6-25)23-31(28)30-13-12-27-14-17-32-18-15-29(27)21-30;;/h1-3,5-6,8-13,15,18,20-21,27-29,31-32H,4,7,14,16-17,19,22-23H2;2*1H. The third-order valence-corrected chi connectivity index (χ3v) is 7.86. The molecule has 3 nitrogen and oxygen atoms in total. The van der Waals surface area contributed by atoms with Crippen molar-refractivity contribution in [1.29, 1.82) is 0 Å². The van der Waals surface area contributed by atoms with E-state index in [1.807, 2.05) is 0 Å². The van der Waals surface area contributed by atoms with Crippen LogP contribution in [0.4, 0.5) is 0 Å². The Morgan fingerprint density at radius 3 is 2.50 bits per heavy atom. The number of carbonyl (C=O) groups excluding carboxylic acids is 1. The molecule has 192 valence electrons. The molecule has 2 heterocycles. The van der Waals surface area contributed by atoms with Gasteiger partial charge in [0.05, 0.1) is 0 Å². The topological polar surface area (TPSA) is 32.3 Å². The molecule has 36 heavy (non-hydrogen) atoms. The number of nitrogens with one attached hydrogen (secondary N) is 1. The van der Waals surface area contributed by atoms with Gasteiger partial charge in [-0.25, -0.2) is 0 Å². The number of benzene rings is 2. The van der Waals surface area contributed by atoms with Gasteiger partial charge < -0.3 is 10.1 Å². The van der Waals surface area contributed by atoms with Crippen LogP contribution in [0.15, 0.2) is 90.7 Å². The molecule has 5 rings (SSSR count). The Labute approximate surface area is 228 Å². The summed E-state index contributed by atoms with van der Waals surface area (Å²) in [6, 6.07) is 19.6. The SMILES string of the molecule is Cl.Cl.O=CCCC1CCN(Cc2ccc(-c3ccccc3)cc2)CC1C1=CC2C=CNCCC2C=C1. The molecule has 1 aliphatic carbocycles. The van der Waals surface area contributed by atoms with E-state index in [9.17, 15) is 4.79 Å². The van der Waals surface area contributed by atoms with Gasteiger partial charge in [0.15, 0.2) is 0 Å². The van der Waals surface area contributed by atoms with Gasteiger partial charge in [0.25, 0.3) is 0 Å². The quantitative estimate of drug-likeness (QED) is 0.402. The number of hydrogen-bond acceptors (Lipinski definition) is 3. The fraction of sp³-hybridized carbons (Fsp3) is 0.387. The second-order valence-corrected chi connectivity index (χ2v) is 10.1. The van der Waals surface area contributed by atoms with Crippen LogP contribution in [0.3, 0.4) is 0 Å². The maximum atomic E-state index is 11.1. The molecular weight excluding hydrogens is 487 g/mol. The molecule has 0 aromatic heterocycles. The lowest BCUT2D eigenvalue weighted by molar-refractivity contribution is -0.108. The molecule has 2 aromatic rings. The molecule has 0 amide bonds. The molecule has 4 unspecified atom stereocenters. The minimum atomic E-state index is 0. The molecule has 0 spiro atoms. The van der Waals surface area contributed by atoms with Crippen molar-refractivity contribution in [3.63, 3.8) is 0 Å². The number of aldehydes is 1. The second kappa shape index (κ2) is 13.8. The highest BCUT2D eigenvalue weighted by atomic mass is 35.5. The Balaban J connectivity index is 0.00000180. The number of likely N-dealkylation sites (tertiary alicyclic amines) is 1. The van der Waals surface area contributed by atoms with Gasteiger partial charge in [-0.15, -0.1) is 24.8 Å². The van der Waals surface area contributed by atoms with E-state index >= 15 is 0 Å². The number of halogens is 2. The zero-order valence-corrected chi connectivity index (χ0v) is 22.4. The molecule has 0 bridgehead atoms. The highest BCUT2D eigenvalue weighted by Crippen LogP contribution is 2.38. The van der Waals surface area contributed by atoms with Crippen LogP contribution in [0.5, 0.6) is 0 Å². The van der Waals surface area contributed by atoms with Gasteiger partial charge in [0, 0.05) is 32.0 Å². The summed E-state index contributed by atoms with van der Waals surface area (Å²) < 4.78 is 0. The lowest BCUT2D eigenvalue weighted by Gasteiger charge is -2.40. The predicted octanol–water partition coefficient (Wildman–Crippen LogP) is 6.85. The van der Waals surface area contributed by atoms with Crippen LogP contribution in [-0.4, -0.2) is 30.8 Å². The number of allylic oxidation sites excluding steroid dienone is 4. The van der Waals surface area contributed by atoms with Crippen molar-refractivity contribution >= 4 is 31.1 Å². The first kappa shape index (κ1) is 28.2. The van der Waals surface area contributed by atoms with E-state index < -0.39 is 0 Å². The van der Waals surface area contributed by atoms with E-state index in [0.717, 1.165) is 45.3 Å². The summed E-state index contributed by atoms with van der Waals surface area (Å²) in [6.45, 7) is 4.21. The van der Waals surface area contributed by atoms with Crippen LogP contribution < -0.4 is 5.32 Å². The predicted molar refractivity (Wildman–Crippen MR) is 155 cm³/mol. The Hall–Kier alpha value is -2.33. The largest absolute Gasteiger partial charge is 0.391 e. The van der Waals surface area contributed by atoms with Gasteiger partial charge >= 0.3 is 0 Å². The smallest absolute Gasteiger partial charge is 0.120 e. The second-order valence-electron chi connectivity index (χ2n) is 10.1. The van der Waals surface area contributed by atoms with Crippen molar-refractivity contribution < 1.29 is 4.79 Å². The Kier molecular flexibility index (Phi) is 10.9. The summed E-state index contributed by atoms with van der Waals surface area (Å²) >= 11 is 0. The molecule has 5 heteroatoms. The molecule has 2 aliphatic heterocycles. The summed E-state index contributed by atoms with van der Waals surface area (Å²) in [7, 11) is 0. The average molecular weight is 526 g/mol. The maximum Gasteiger partial charge on any atom is 0.120 e. The van der Waals surface area contributed by atoms with Gasteiger partial charge in [-0.1, -0.05) is 78.9 Å². The molecule has 0 radical (unpaired) electrons. The van der Waals surface area contributed by atoms with Crippen LogP contribution in [0, 0.1) is 23.7 Å². The van der Waals surface area contributed by atoms with Crippen LogP contribution in [0.2, 0.25) is 0 Å². The number of piperidine rings is 1. The molecule has 0 saturated carbocycles. The Morgan fingerprint density at radius 1 is 0.944 bits per heavy atom. The Bertz CT molecular complexity index is 1050. The van der Waals surface area contributed by atoms with Gasteiger partial charge in [0.2, 0.25) is 0 Å². The van der Waals surface area contributed by atoms with Crippen molar-refractivity contribution in [2.24, 2.45) is 23.7 Å². The van der Waals surface area contributed by atoms with Crippen molar-refractivity contribution in [3.05, 3.63) is 96.2 Å². The average Bonchev–Trinajstić information content (AvgIpc) is 3.14. The van der Waals surface area contributed by atoms with Crippen molar-refractivity contribution in [3.8, 4) is 11.1 Å². The number of carbonyl (C=O) groups is 1. The minimum Gasteiger partial charge on any atom is -0.391 e. The fourth-order valence-electron chi connectivity index (χ4n) is 5.92. The van der Waals surface area contributed by atoms with Crippen molar-refractivity contribution in [2.75, 3.05) is 19.6 Å². The van der Waals surface area contributed by atoms with E-state index in [2.05, 4.69) is 95.3 Å². The number of hydrogen-bond donors (Lipinski definition) is 1. The summed E-state index contributed by atoms with van der Waals surface area (Å²) in [5, 5.41) is 3.39. The lowest BCUT2D eigenvalue weighted by Crippen LogP contribution is -2.41. The minimum absolute atomic E-state index is 0. The van der Waals surface area contributed by atoms with E-state index in [1.54, 1.807) is 0 Å². The molecule has 2 aromatic carbocycles. The van der Waals surface area contributed by atoms with Crippen LogP contribution >= 0.6 is 24.8 Å². The number of rotatable bonds is 7. The number of fused-ring (bicyclic) bond motifs is 1. The summed E-state index contributed by atoms with van der Waals surface area (Å²) in [5.74, 6) is 2.18. The van der Waals surface area contributed by atoms with Gasteiger partial charge in [-0.05, 0) is 72.0 Å². The van der Waals surface area contributed by atoms with E-state index in [1.165, 1.54) is 28.7 Å². The van der Waals surface area contributed by atoms with Crippen LogP contribution in [-0.2, 0) is 11.3 Å². The lowest BCUT2D eigenvalue weighted by atomic mass is 9.73. The molecule has 1 saturated heterocycles. The van der Waals surface area contributed by atoms with Crippen LogP contribution in [0.25, 0.3) is 11.1 Å². The zero-order chi connectivity index (χ0) is 23.2. The van der Waals surface area contributed by atoms with Crippen molar-refractivity contribution in [1.82, 2.24) is 10.2 Å². The van der Waals surface area contributed by atoms with Gasteiger partial charge in [-0.3, -0.25) is 4.90 Å². The summed E-state index contributed by atoms with van der Waals surface area (Å²) in [6.07, 6.45) is 16.9. The van der Waals surface area contributed by atoms with E-state index in [-0.39, 0.29) is 24.8 Å². The Morgan fingerprint density at radius 2 is 1.72 bits per heavy atom. The molecule has 3 aliphatic rings.